The van der Waals surface area contributed by atoms with E-state index in [0.29, 0.717) is 18.4 Å². The molecule has 4 N–H and O–H groups in total. The Labute approximate surface area is 150 Å². The Bertz CT molecular complexity index is 530. The normalized spacial score (nSPS) is 11.6. The van der Waals surface area contributed by atoms with E-state index in [1.807, 2.05) is 13.8 Å². The van der Waals surface area contributed by atoms with Crippen LogP contribution in [0.3, 0.4) is 0 Å². The van der Waals surface area contributed by atoms with Gasteiger partial charge in [0.1, 0.15) is 6.04 Å². The number of rotatable bonds is 7. The van der Waals surface area contributed by atoms with Crippen LogP contribution in [0.2, 0.25) is 0 Å². The number of carboxylic acid groups (broad SMARTS) is 1. The zero-order valence-electron chi connectivity index (χ0n) is 16.1. The number of para-hydroxylation sites is 1. The van der Waals surface area contributed by atoms with Crippen molar-refractivity contribution in [3.8, 4) is 0 Å². The van der Waals surface area contributed by atoms with Gasteiger partial charge in [0.05, 0.1) is 13.2 Å². The smallest absolute Gasteiger partial charge is 0.328 e. The van der Waals surface area contributed by atoms with Gasteiger partial charge in [-0.1, -0.05) is 45.9 Å². The molecule has 0 fully saturated rings. The SMILES string of the molecule is CCOC(=O)[C@H](C)Nc1c(C(C)C)cccc1C(C)C.NCC(=O)O. The number of nitrogens with two attached hydrogens (primary N) is 1. The van der Waals surface area contributed by atoms with Crippen molar-refractivity contribution in [2.75, 3.05) is 18.5 Å². The second-order valence-electron chi connectivity index (χ2n) is 6.34. The second kappa shape index (κ2) is 11.5. The lowest BCUT2D eigenvalue weighted by atomic mass is 9.92. The van der Waals surface area contributed by atoms with E-state index in [9.17, 15) is 9.59 Å². The Morgan fingerprint density at radius 2 is 1.56 bits per heavy atom. The Balaban J connectivity index is 0.00000101. The third-order valence-electron chi connectivity index (χ3n) is 3.55. The second-order valence-corrected chi connectivity index (χ2v) is 6.34. The summed E-state index contributed by atoms with van der Waals surface area (Å²) in [5, 5.41) is 10.9. The fraction of sp³-hybridized carbons (Fsp3) is 0.579. The third kappa shape index (κ3) is 8.03. The van der Waals surface area contributed by atoms with Crippen molar-refractivity contribution in [3.63, 3.8) is 0 Å². The first-order valence-electron chi connectivity index (χ1n) is 8.63. The number of hydrogen-bond donors (Lipinski definition) is 3. The van der Waals surface area contributed by atoms with Crippen molar-refractivity contribution >= 4 is 17.6 Å². The fourth-order valence-electron chi connectivity index (χ4n) is 2.26. The van der Waals surface area contributed by atoms with Crippen LogP contribution in [0, 0.1) is 0 Å². The van der Waals surface area contributed by atoms with Gasteiger partial charge < -0.3 is 20.9 Å². The molecule has 0 aromatic heterocycles. The van der Waals surface area contributed by atoms with E-state index >= 15 is 0 Å². The molecule has 1 atom stereocenters. The molecular weight excluding hydrogens is 320 g/mol. The van der Waals surface area contributed by atoms with Crippen molar-refractivity contribution in [2.24, 2.45) is 5.73 Å². The zero-order chi connectivity index (χ0) is 19.6. The van der Waals surface area contributed by atoms with E-state index in [2.05, 4.69) is 56.9 Å². The van der Waals surface area contributed by atoms with E-state index < -0.39 is 5.97 Å². The average molecular weight is 352 g/mol. The standard InChI is InChI=1S/C17H27NO2.C2H5NO2/c1-7-20-17(19)13(6)18-16-14(11(2)3)9-8-10-15(16)12(4)5;3-1-2(4)5/h8-13,18H,7H2,1-6H3;1,3H2,(H,4,5)/t13-;/m0./s1. The monoisotopic (exact) mass is 352 g/mol. The fourth-order valence-corrected chi connectivity index (χ4v) is 2.26. The van der Waals surface area contributed by atoms with Crippen LogP contribution in [0.5, 0.6) is 0 Å². The van der Waals surface area contributed by atoms with Gasteiger partial charge in [-0.2, -0.15) is 0 Å². The van der Waals surface area contributed by atoms with E-state index in [4.69, 9.17) is 9.84 Å². The molecule has 1 aromatic carbocycles. The van der Waals surface area contributed by atoms with Crippen LogP contribution in [0.25, 0.3) is 0 Å². The van der Waals surface area contributed by atoms with Crippen molar-refractivity contribution in [1.82, 2.24) is 0 Å². The number of hydrogen-bond acceptors (Lipinski definition) is 5. The molecule has 0 bridgehead atoms. The van der Waals surface area contributed by atoms with Gasteiger partial charge in [0.15, 0.2) is 0 Å². The first-order valence-corrected chi connectivity index (χ1v) is 8.63. The van der Waals surface area contributed by atoms with Crippen LogP contribution in [-0.2, 0) is 14.3 Å². The molecule has 0 radical (unpaired) electrons. The Morgan fingerprint density at radius 1 is 1.12 bits per heavy atom. The summed E-state index contributed by atoms with van der Waals surface area (Å²) in [6.07, 6.45) is 0. The summed E-state index contributed by atoms with van der Waals surface area (Å²) < 4.78 is 5.08. The average Bonchev–Trinajstić information content (AvgIpc) is 2.55. The molecule has 0 aliphatic carbocycles. The minimum atomic E-state index is -0.968. The lowest BCUT2D eigenvalue weighted by Gasteiger charge is -2.23. The molecule has 0 spiro atoms. The number of anilines is 1. The summed E-state index contributed by atoms with van der Waals surface area (Å²) in [7, 11) is 0. The highest BCUT2D eigenvalue weighted by Gasteiger charge is 2.19. The maximum Gasteiger partial charge on any atom is 0.328 e. The Hall–Kier alpha value is -2.08. The van der Waals surface area contributed by atoms with E-state index in [0.717, 1.165) is 5.69 Å². The van der Waals surface area contributed by atoms with Gasteiger partial charge in [0, 0.05) is 5.69 Å². The molecule has 0 amide bonds. The summed E-state index contributed by atoms with van der Waals surface area (Å²) >= 11 is 0. The van der Waals surface area contributed by atoms with Gasteiger partial charge in [-0.3, -0.25) is 4.79 Å². The van der Waals surface area contributed by atoms with Gasteiger partial charge in [-0.25, -0.2) is 4.79 Å². The molecule has 1 rings (SSSR count). The van der Waals surface area contributed by atoms with Gasteiger partial charge in [0.2, 0.25) is 0 Å². The minimum Gasteiger partial charge on any atom is -0.480 e. The molecule has 142 valence electrons. The first-order chi connectivity index (χ1) is 11.6. The van der Waals surface area contributed by atoms with Crippen molar-refractivity contribution < 1.29 is 19.4 Å². The summed E-state index contributed by atoms with van der Waals surface area (Å²) in [6.45, 7) is 12.5. The highest BCUT2D eigenvalue weighted by atomic mass is 16.5. The molecule has 0 saturated heterocycles. The van der Waals surface area contributed by atoms with Gasteiger partial charge in [0.25, 0.3) is 0 Å². The number of nitrogens with one attached hydrogen (secondary N) is 1. The lowest BCUT2D eigenvalue weighted by molar-refractivity contribution is -0.143. The minimum absolute atomic E-state index is 0.208. The summed E-state index contributed by atoms with van der Waals surface area (Å²) in [5.74, 6) is -0.359. The maximum absolute atomic E-state index is 11.8. The number of esters is 1. The van der Waals surface area contributed by atoms with Gasteiger partial charge in [-0.05, 0) is 36.8 Å². The van der Waals surface area contributed by atoms with E-state index in [1.54, 1.807) is 0 Å². The highest BCUT2D eigenvalue weighted by Crippen LogP contribution is 2.32. The van der Waals surface area contributed by atoms with E-state index in [1.165, 1.54) is 11.1 Å². The van der Waals surface area contributed by atoms with Crippen molar-refractivity contribution in [3.05, 3.63) is 29.3 Å². The quantitative estimate of drug-likeness (QED) is 0.651. The summed E-state index contributed by atoms with van der Waals surface area (Å²) in [5.41, 5.74) is 8.14. The molecular formula is C19H32N2O4. The number of carboxylic acids is 1. The summed E-state index contributed by atoms with van der Waals surface area (Å²) in [4.78, 5) is 21.1. The molecule has 0 saturated carbocycles. The number of carbonyl (C=O) groups is 2. The number of carbonyl (C=O) groups excluding carboxylic acids is 1. The topological polar surface area (TPSA) is 102 Å². The lowest BCUT2D eigenvalue weighted by Crippen LogP contribution is -2.29. The third-order valence-corrected chi connectivity index (χ3v) is 3.55. The molecule has 1 aromatic rings. The van der Waals surface area contributed by atoms with Crippen LogP contribution >= 0.6 is 0 Å². The Morgan fingerprint density at radius 3 is 1.88 bits per heavy atom. The van der Waals surface area contributed by atoms with Crippen LogP contribution in [0.15, 0.2) is 18.2 Å². The van der Waals surface area contributed by atoms with Gasteiger partial charge in [-0.15, -0.1) is 0 Å². The largest absolute Gasteiger partial charge is 0.480 e. The van der Waals surface area contributed by atoms with Crippen LogP contribution in [-0.4, -0.2) is 36.2 Å². The Kier molecular flexibility index (Phi) is 10.5. The van der Waals surface area contributed by atoms with Crippen LogP contribution < -0.4 is 11.1 Å². The number of aliphatic carboxylic acids is 1. The molecule has 25 heavy (non-hydrogen) atoms. The number of benzene rings is 1. The molecule has 6 heteroatoms. The van der Waals surface area contributed by atoms with Crippen LogP contribution in [0.4, 0.5) is 5.69 Å². The van der Waals surface area contributed by atoms with Crippen molar-refractivity contribution in [1.29, 1.82) is 0 Å². The first kappa shape index (κ1) is 22.9. The van der Waals surface area contributed by atoms with Gasteiger partial charge >= 0.3 is 11.9 Å². The highest BCUT2D eigenvalue weighted by molar-refractivity contribution is 5.80. The molecule has 0 aliphatic heterocycles. The molecule has 0 unspecified atom stereocenters. The predicted octanol–water partition coefficient (Wildman–Crippen LogP) is 3.33. The van der Waals surface area contributed by atoms with Crippen molar-refractivity contribution in [2.45, 2.75) is 59.4 Å². The molecule has 0 heterocycles. The number of ether oxygens (including phenoxy) is 1. The molecule has 6 nitrogen and oxygen atoms in total. The summed E-state index contributed by atoms with van der Waals surface area (Å²) in [6, 6.07) is 5.99. The zero-order valence-corrected chi connectivity index (χ0v) is 16.1. The molecule has 0 aliphatic rings. The predicted molar refractivity (Wildman–Crippen MR) is 101 cm³/mol. The van der Waals surface area contributed by atoms with Crippen LogP contribution in [0.1, 0.15) is 64.5 Å². The maximum atomic E-state index is 11.8. The van der Waals surface area contributed by atoms with E-state index in [-0.39, 0.29) is 18.6 Å².